The molecule has 25 heavy (non-hydrogen) atoms. The molecule has 0 radical (unpaired) electrons. The van der Waals surface area contributed by atoms with E-state index in [9.17, 15) is 18.5 Å². The van der Waals surface area contributed by atoms with Gasteiger partial charge in [0.2, 0.25) is 10.0 Å². The smallest absolute Gasteiger partial charge is 0.293 e. The molecule has 0 unspecified atom stereocenters. The lowest BCUT2D eigenvalue weighted by atomic mass is 10.2. The van der Waals surface area contributed by atoms with Crippen molar-refractivity contribution in [3.8, 4) is 5.75 Å². The highest BCUT2D eigenvalue weighted by molar-refractivity contribution is 7.89. The van der Waals surface area contributed by atoms with Crippen LogP contribution in [0.2, 0.25) is 5.02 Å². The van der Waals surface area contributed by atoms with Gasteiger partial charge in [0.25, 0.3) is 5.69 Å². The van der Waals surface area contributed by atoms with Crippen molar-refractivity contribution in [1.29, 1.82) is 0 Å². The zero-order valence-corrected chi connectivity index (χ0v) is 15.2. The number of halogens is 1. The van der Waals surface area contributed by atoms with Gasteiger partial charge in [-0.1, -0.05) is 30.7 Å². The number of rotatable bonds is 7. The second-order valence-electron chi connectivity index (χ2n) is 5.15. The molecular weight excluding hydrogens is 368 g/mol. The third-order valence-electron chi connectivity index (χ3n) is 3.58. The van der Waals surface area contributed by atoms with E-state index in [4.69, 9.17) is 16.3 Å². The highest BCUT2D eigenvalue weighted by Gasteiger charge is 2.31. The molecule has 134 valence electrons. The maximum absolute atomic E-state index is 12.9. The predicted octanol–water partition coefficient (Wildman–Crippen LogP) is 3.47. The maximum atomic E-state index is 12.9. The zero-order chi connectivity index (χ0) is 18.6. The Hall–Kier alpha value is -2.16. The van der Waals surface area contributed by atoms with Gasteiger partial charge in [-0.3, -0.25) is 10.1 Å². The van der Waals surface area contributed by atoms with Gasteiger partial charge in [0, 0.05) is 18.1 Å². The van der Waals surface area contributed by atoms with Crippen molar-refractivity contribution < 1.29 is 18.1 Å². The first kappa shape index (κ1) is 19.2. The Balaban J connectivity index is 2.46. The van der Waals surface area contributed by atoms with Gasteiger partial charge in [-0.2, -0.15) is 4.31 Å². The average Bonchev–Trinajstić information content (AvgIpc) is 2.58. The van der Waals surface area contributed by atoms with Crippen molar-refractivity contribution in [2.45, 2.75) is 18.4 Å². The minimum Gasteiger partial charge on any atom is -0.497 e. The number of hydrogen-bond donors (Lipinski definition) is 0. The fraction of sp³-hybridized carbons (Fsp3) is 0.250. The summed E-state index contributed by atoms with van der Waals surface area (Å²) in [7, 11) is -2.72. The van der Waals surface area contributed by atoms with Crippen molar-refractivity contribution in [2.75, 3.05) is 13.7 Å². The van der Waals surface area contributed by atoms with E-state index in [1.807, 2.05) is 0 Å². The minimum atomic E-state index is -4.07. The molecule has 0 fully saturated rings. The lowest BCUT2D eigenvalue weighted by Crippen LogP contribution is -2.31. The van der Waals surface area contributed by atoms with Crippen LogP contribution in [0.5, 0.6) is 5.75 Å². The van der Waals surface area contributed by atoms with Gasteiger partial charge < -0.3 is 4.74 Å². The molecule has 0 bridgehead atoms. The molecule has 0 aliphatic carbocycles. The molecule has 0 spiro atoms. The molecule has 0 amide bonds. The molecule has 0 saturated heterocycles. The molecule has 2 aromatic rings. The lowest BCUT2D eigenvalue weighted by Gasteiger charge is -2.20. The van der Waals surface area contributed by atoms with Crippen LogP contribution >= 0.6 is 11.6 Å². The van der Waals surface area contributed by atoms with E-state index in [-0.39, 0.29) is 23.7 Å². The Morgan fingerprint density at radius 2 is 1.96 bits per heavy atom. The summed E-state index contributed by atoms with van der Waals surface area (Å²) in [6.45, 7) is 1.87. The van der Waals surface area contributed by atoms with Gasteiger partial charge in [-0.15, -0.1) is 0 Å². The van der Waals surface area contributed by atoms with Gasteiger partial charge in [0.1, 0.15) is 5.75 Å². The second kappa shape index (κ2) is 7.81. The number of ether oxygens (including phenoxy) is 1. The summed E-state index contributed by atoms with van der Waals surface area (Å²) in [6, 6.07) is 10.5. The molecule has 0 atom stereocenters. The van der Waals surface area contributed by atoms with E-state index in [0.29, 0.717) is 10.6 Å². The minimum absolute atomic E-state index is 0.0581. The topological polar surface area (TPSA) is 89.8 Å². The SMILES string of the molecule is CCN(Cc1cccc(Cl)c1)S(=O)(=O)c1ccc(OC)cc1[N+](=O)[O-]. The third-order valence-corrected chi connectivity index (χ3v) is 5.78. The average molecular weight is 385 g/mol. The fourth-order valence-corrected chi connectivity index (χ4v) is 4.12. The lowest BCUT2D eigenvalue weighted by molar-refractivity contribution is -0.387. The number of hydrogen-bond acceptors (Lipinski definition) is 5. The number of nitro benzene ring substituents is 1. The van der Waals surface area contributed by atoms with Crippen LogP contribution in [-0.2, 0) is 16.6 Å². The maximum Gasteiger partial charge on any atom is 0.293 e. The van der Waals surface area contributed by atoms with E-state index < -0.39 is 20.6 Å². The van der Waals surface area contributed by atoms with Crippen molar-refractivity contribution >= 4 is 27.3 Å². The van der Waals surface area contributed by atoms with Crippen LogP contribution in [0.4, 0.5) is 5.69 Å². The van der Waals surface area contributed by atoms with E-state index in [0.717, 1.165) is 10.4 Å². The number of nitrogens with zero attached hydrogens (tertiary/aromatic N) is 2. The highest BCUT2D eigenvalue weighted by Crippen LogP contribution is 2.31. The number of benzene rings is 2. The fourth-order valence-electron chi connectivity index (χ4n) is 2.33. The van der Waals surface area contributed by atoms with Gasteiger partial charge in [0.05, 0.1) is 18.1 Å². The van der Waals surface area contributed by atoms with Crippen LogP contribution in [0.1, 0.15) is 12.5 Å². The van der Waals surface area contributed by atoms with Gasteiger partial charge >= 0.3 is 0 Å². The Bertz CT molecular complexity index is 886. The molecule has 0 aliphatic rings. The molecule has 2 rings (SSSR count). The molecule has 0 aliphatic heterocycles. The summed E-state index contributed by atoms with van der Waals surface area (Å²) < 4.78 is 32.0. The molecule has 2 aromatic carbocycles. The van der Waals surface area contributed by atoms with Crippen LogP contribution in [0.15, 0.2) is 47.4 Å². The van der Waals surface area contributed by atoms with Crippen molar-refractivity contribution in [1.82, 2.24) is 4.31 Å². The largest absolute Gasteiger partial charge is 0.497 e. The summed E-state index contributed by atoms with van der Waals surface area (Å²) in [5.41, 5.74) is 0.165. The number of sulfonamides is 1. The van der Waals surface area contributed by atoms with Crippen molar-refractivity contribution in [2.24, 2.45) is 0 Å². The van der Waals surface area contributed by atoms with E-state index in [2.05, 4.69) is 0 Å². The van der Waals surface area contributed by atoms with Gasteiger partial charge in [-0.25, -0.2) is 8.42 Å². The monoisotopic (exact) mass is 384 g/mol. The first-order chi connectivity index (χ1) is 11.8. The van der Waals surface area contributed by atoms with Crippen LogP contribution in [0.25, 0.3) is 0 Å². The Morgan fingerprint density at radius 3 is 2.52 bits per heavy atom. The van der Waals surface area contributed by atoms with Gasteiger partial charge in [0.15, 0.2) is 4.90 Å². The third kappa shape index (κ3) is 4.28. The molecule has 0 aromatic heterocycles. The molecule has 0 heterocycles. The summed E-state index contributed by atoms with van der Waals surface area (Å²) >= 11 is 5.93. The predicted molar refractivity (Wildman–Crippen MR) is 94.4 cm³/mol. The summed E-state index contributed by atoms with van der Waals surface area (Å²) in [5, 5.41) is 11.8. The van der Waals surface area contributed by atoms with Crippen molar-refractivity contribution in [3.05, 3.63) is 63.2 Å². The number of methoxy groups -OCH3 is 1. The Labute approximate surface area is 151 Å². The Kier molecular flexibility index (Phi) is 5.99. The van der Waals surface area contributed by atoms with Gasteiger partial charge in [-0.05, 0) is 29.8 Å². The highest BCUT2D eigenvalue weighted by atomic mass is 35.5. The second-order valence-corrected chi connectivity index (χ2v) is 7.49. The van der Waals surface area contributed by atoms with Crippen LogP contribution < -0.4 is 4.74 Å². The standard InChI is InChI=1S/C16H17ClN2O5S/c1-3-18(11-12-5-4-6-13(17)9-12)25(22,23)16-8-7-14(24-2)10-15(16)19(20)21/h4-10H,3,11H2,1-2H3. The zero-order valence-electron chi connectivity index (χ0n) is 13.7. The number of nitro groups is 1. The summed E-state index contributed by atoms with van der Waals surface area (Å²) in [4.78, 5) is 10.2. The van der Waals surface area contributed by atoms with Crippen molar-refractivity contribution in [3.63, 3.8) is 0 Å². The Morgan fingerprint density at radius 1 is 1.24 bits per heavy atom. The molecule has 0 N–H and O–H groups in total. The van der Waals surface area contributed by atoms with Crippen LogP contribution in [0.3, 0.4) is 0 Å². The molecular formula is C16H17ClN2O5S. The van der Waals surface area contributed by atoms with Crippen LogP contribution in [0, 0.1) is 10.1 Å². The van der Waals surface area contributed by atoms with Crippen LogP contribution in [-0.4, -0.2) is 31.3 Å². The van der Waals surface area contributed by atoms with E-state index >= 15 is 0 Å². The first-order valence-electron chi connectivity index (χ1n) is 7.36. The normalized spacial score (nSPS) is 11.5. The molecule has 7 nitrogen and oxygen atoms in total. The first-order valence-corrected chi connectivity index (χ1v) is 9.18. The summed E-state index contributed by atoms with van der Waals surface area (Å²) in [5.74, 6) is 0.212. The molecule has 0 saturated carbocycles. The van der Waals surface area contributed by atoms with E-state index in [1.165, 1.54) is 19.2 Å². The quantitative estimate of drug-likeness (QED) is 0.538. The molecule has 9 heteroatoms. The summed E-state index contributed by atoms with van der Waals surface area (Å²) in [6.07, 6.45) is 0. The van der Waals surface area contributed by atoms with E-state index in [1.54, 1.807) is 31.2 Å².